The topological polar surface area (TPSA) is 58.9 Å². The molecule has 20 heavy (non-hydrogen) atoms. The molecule has 0 fully saturated rings. The minimum absolute atomic E-state index is 0.725. The van der Waals surface area contributed by atoms with Gasteiger partial charge in [0, 0.05) is 23.3 Å². The highest BCUT2D eigenvalue weighted by Crippen LogP contribution is 2.29. The molecule has 0 amide bonds. The van der Waals surface area contributed by atoms with Crippen LogP contribution in [0.4, 0.5) is 0 Å². The number of aryl methyl sites for hydroxylation is 2. The molecule has 100 valence electrons. The number of hydrogen-bond acceptors (Lipinski definition) is 4. The maximum absolute atomic E-state index is 10.7. The normalized spacial score (nSPS) is 12.6. The molecular weight excluding hydrogens is 250 g/mol. The molecule has 0 aliphatic rings. The summed E-state index contributed by atoms with van der Waals surface area (Å²) in [5.41, 5.74) is 3.16. The molecule has 0 bridgehead atoms. The molecule has 1 aromatic carbocycles. The summed E-state index contributed by atoms with van der Waals surface area (Å²) in [6.07, 6.45) is 2.81. The fourth-order valence-electron chi connectivity index (χ4n) is 2.39. The number of pyridine rings is 1. The monoisotopic (exact) mass is 265 g/mol. The van der Waals surface area contributed by atoms with E-state index >= 15 is 0 Å². The predicted octanol–water partition coefficient (Wildman–Crippen LogP) is 2.72. The van der Waals surface area contributed by atoms with Crippen molar-refractivity contribution in [3.05, 3.63) is 65.2 Å². The van der Waals surface area contributed by atoms with E-state index in [0.717, 1.165) is 33.3 Å². The number of hydrogen-bond donors (Lipinski definition) is 1. The summed E-state index contributed by atoms with van der Waals surface area (Å²) in [7, 11) is 0. The standard InChI is InChI=1S/C16H15N3O/c1-10-8-14(11(2)19-18-10)16(20)13-5-3-4-12-6-7-17-9-15(12)13/h3-9,16,20H,1-2H3. The summed E-state index contributed by atoms with van der Waals surface area (Å²) in [6, 6.07) is 9.69. The van der Waals surface area contributed by atoms with E-state index in [-0.39, 0.29) is 0 Å². The van der Waals surface area contributed by atoms with Crippen molar-refractivity contribution in [1.82, 2.24) is 15.2 Å². The highest BCUT2D eigenvalue weighted by atomic mass is 16.3. The fourth-order valence-corrected chi connectivity index (χ4v) is 2.39. The lowest BCUT2D eigenvalue weighted by atomic mass is 9.96. The summed E-state index contributed by atoms with van der Waals surface area (Å²) in [4.78, 5) is 4.15. The number of aromatic nitrogens is 3. The number of fused-ring (bicyclic) bond motifs is 1. The van der Waals surface area contributed by atoms with Crippen molar-refractivity contribution < 1.29 is 5.11 Å². The van der Waals surface area contributed by atoms with Crippen molar-refractivity contribution in [3.8, 4) is 0 Å². The summed E-state index contributed by atoms with van der Waals surface area (Å²) >= 11 is 0. The zero-order chi connectivity index (χ0) is 14.1. The second kappa shape index (κ2) is 4.98. The van der Waals surface area contributed by atoms with Crippen LogP contribution in [0.5, 0.6) is 0 Å². The number of nitrogens with zero attached hydrogens (tertiary/aromatic N) is 3. The van der Waals surface area contributed by atoms with Crippen molar-refractivity contribution in [3.63, 3.8) is 0 Å². The van der Waals surface area contributed by atoms with Gasteiger partial charge in [0.15, 0.2) is 0 Å². The van der Waals surface area contributed by atoms with Crippen LogP contribution in [0.2, 0.25) is 0 Å². The lowest BCUT2D eigenvalue weighted by molar-refractivity contribution is 0.220. The maximum atomic E-state index is 10.7. The van der Waals surface area contributed by atoms with Crippen LogP contribution in [0.15, 0.2) is 42.7 Å². The van der Waals surface area contributed by atoms with Gasteiger partial charge in [0.05, 0.1) is 11.4 Å². The number of aliphatic hydroxyl groups is 1. The number of aliphatic hydroxyl groups excluding tert-OH is 1. The fraction of sp³-hybridized carbons (Fsp3) is 0.188. The summed E-state index contributed by atoms with van der Waals surface area (Å²) in [5, 5.41) is 20.8. The Morgan fingerprint density at radius 3 is 2.75 bits per heavy atom. The van der Waals surface area contributed by atoms with Crippen molar-refractivity contribution >= 4 is 10.8 Å². The van der Waals surface area contributed by atoms with Crippen LogP contribution in [0, 0.1) is 13.8 Å². The minimum atomic E-state index is -0.725. The van der Waals surface area contributed by atoms with Crippen LogP contribution >= 0.6 is 0 Å². The first-order valence-corrected chi connectivity index (χ1v) is 6.48. The first kappa shape index (κ1) is 12.7. The zero-order valence-corrected chi connectivity index (χ0v) is 11.4. The predicted molar refractivity (Wildman–Crippen MR) is 77.3 cm³/mol. The molecule has 2 heterocycles. The third kappa shape index (κ3) is 2.14. The number of benzene rings is 1. The van der Waals surface area contributed by atoms with Gasteiger partial charge < -0.3 is 5.11 Å². The van der Waals surface area contributed by atoms with Crippen LogP contribution in [-0.2, 0) is 0 Å². The van der Waals surface area contributed by atoms with Crippen LogP contribution < -0.4 is 0 Å². The molecule has 0 saturated carbocycles. The van der Waals surface area contributed by atoms with E-state index in [4.69, 9.17) is 0 Å². The van der Waals surface area contributed by atoms with Gasteiger partial charge in [-0.25, -0.2) is 0 Å². The van der Waals surface area contributed by atoms with E-state index < -0.39 is 6.10 Å². The first-order valence-electron chi connectivity index (χ1n) is 6.48. The van der Waals surface area contributed by atoms with Crippen molar-refractivity contribution in [2.24, 2.45) is 0 Å². The summed E-state index contributed by atoms with van der Waals surface area (Å²) in [5.74, 6) is 0. The summed E-state index contributed by atoms with van der Waals surface area (Å²) in [6.45, 7) is 3.72. The van der Waals surface area contributed by atoms with Gasteiger partial charge in [0.2, 0.25) is 0 Å². The Morgan fingerprint density at radius 2 is 1.90 bits per heavy atom. The molecule has 0 saturated heterocycles. The molecule has 1 atom stereocenters. The Kier molecular flexibility index (Phi) is 3.16. The number of rotatable bonds is 2. The van der Waals surface area contributed by atoms with E-state index in [1.54, 1.807) is 12.4 Å². The van der Waals surface area contributed by atoms with Crippen molar-refractivity contribution in [2.75, 3.05) is 0 Å². The van der Waals surface area contributed by atoms with Gasteiger partial charge in [-0.05, 0) is 36.9 Å². The molecule has 4 heteroatoms. The Morgan fingerprint density at radius 1 is 1.05 bits per heavy atom. The van der Waals surface area contributed by atoms with Crippen LogP contribution in [-0.4, -0.2) is 20.3 Å². The molecule has 0 aliphatic carbocycles. The average molecular weight is 265 g/mol. The molecule has 0 aliphatic heterocycles. The van der Waals surface area contributed by atoms with Crippen LogP contribution in [0.25, 0.3) is 10.8 Å². The second-order valence-corrected chi connectivity index (χ2v) is 4.87. The Balaban J connectivity index is 2.17. The smallest absolute Gasteiger partial charge is 0.107 e. The van der Waals surface area contributed by atoms with Crippen LogP contribution in [0.3, 0.4) is 0 Å². The second-order valence-electron chi connectivity index (χ2n) is 4.87. The molecule has 3 rings (SSSR count). The van der Waals surface area contributed by atoms with Gasteiger partial charge >= 0.3 is 0 Å². The molecule has 1 unspecified atom stereocenters. The highest BCUT2D eigenvalue weighted by molar-refractivity contribution is 5.85. The van der Waals surface area contributed by atoms with Gasteiger partial charge in [-0.15, -0.1) is 0 Å². The van der Waals surface area contributed by atoms with Gasteiger partial charge in [0.25, 0.3) is 0 Å². The van der Waals surface area contributed by atoms with Gasteiger partial charge in [-0.2, -0.15) is 10.2 Å². The van der Waals surface area contributed by atoms with E-state index in [0.29, 0.717) is 0 Å². The van der Waals surface area contributed by atoms with Gasteiger partial charge in [-0.1, -0.05) is 18.2 Å². The van der Waals surface area contributed by atoms with Gasteiger partial charge in [0.1, 0.15) is 6.10 Å². The van der Waals surface area contributed by atoms with E-state index in [9.17, 15) is 5.11 Å². The lowest BCUT2D eigenvalue weighted by Gasteiger charge is -2.15. The summed E-state index contributed by atoms with van der Waals surface area (Å²) < 4.78 is 0. The molecule has 0 spiro atoms. The Labute approximate surface area is 117 Å². The highest BCUT2D eigenvalue weighted by Gasteiger charge is 2.17. The maximum Gasteiger partial charge on any atom is 0.107 e. The quantitative estimate of drug-likeness (QED) is 0.774. The van der Waals surface area contributed by atoms with E-state index in [1.165, 1.54) is 0 Å². The zero-order valence-electron chi connectivity index (χ0n) is 11.4. The first-order chi connectivity index (χ1) is 9.66. The molecule has 3 aromatic rings. The Hall–Kier alpha value is -2.33. The lowest BCUT2D eigenvalue weighted by Crippen LogP contribution is -2.06. The SMILES string of the molecule is Cc1cc(C(O)c2cccc3ccncc23)c(C)nn1. The van der Waals surface area contributed by atoms with Crippen LogP contribution in [0.1, 0.15) is 28.6 Å². The molecule has 4 nitrogen and oxygen atoms in total. The molecule has 2 aromatic heterocycles. The molecular formula is C16H15N3O. The average Bonchev–Trinajstić information content (AvgIpc) is 2.48. The third-order valence-electron chi connectivity index (χ3n) is 3.45. The van der Waals surface area contributed by atoms with Crippen molar-refractivity contribution in [2.45, 2.75) is 20.0 Å². The largest absolute Gasteiger partial charge is 0.384 e. The van der Waals surface area contributed by atoms with E-state index in [2.05, 4.69) is 15.2 Å². The van der Waals surface area contributed by atoms with Gasteiger partial charge in [-0.3, -0.25) is 4.98 Å². The molecule has 1 N–H and O–H groups in total. The molecule has 0 radical (unpaired) electrons. The third-order valence-corrected chi connectivity index (χ3v) is 3.45. The Bertz CT molecular complexity index is 765. The van der Waals surface area contributed by atoms with E-state index in [1.807, 2.05) is 44.2 Å². The van der Waals surface area contributed by atoms with Crippen molar-refractivity contribution in [1.29, 1.82) is 0 Å². The minimum Gasteiger partial charge on any atom is -0.384 e.